The molecule has 0 saturated carbocycles. The molecule has 1 atom stereocenters. The zero-order chi connectivity index (χ0) is 17.1. The molecule has 1 amide bonds. The smallest absolute Gasteiger partial charge is 0.242 e. The van der Waals surface area contributed by atoms with E-state index < -0.39 is 0 Å². The van der Waals surface area contributed by atoms with E-state index in [1.165, 1.54) is 5.69 Å². The third kappa shape index (κ3) is 3.57. The third-order valence-corrected chi connectivity index (χ3v) is 4.92. The molecule has 1 saturated heterocycles. The molecule has 2 aromatic heterocycles. The van der Waals surface area contributed by atoms with Gasteiger partial charge in [-0.15, -0.1) is 0 Å². The molecule has 2 aliphatic rings. The largest absolute Gasteiger partial charge is 0.349 e. The molecular weight excluding hydrogens is 316 g/mol. The van der Waals surface area contributed by atoms with Crippen LogP contribution in [-0.2, 0) is 24.4 Å². The van der Waals surface area contributed by atoms with Crippen LogP contribution < -0.4 is 10.6 Å². The van der Waals surface area contributed by atoms with Gasteiger partial charge >= 0.3 is 0 Å². The molecular formula is C18H24N6O. The van der Waals surface area contributed by atoms with Crippen molar-refractivity contribution in [1.82, 2.24) is 30.3 Å². The fourth-order valence-corrected chi connectivity index (χ4v) is 3.68. The lowest BCUT2D eigenvalue weighted by molar-refractivity contribution is -0.126. The minimum absolute atomic E-state index is 0.0268. The van der Waals surface area contributed by atoms with Crippen LogP contribution in [0.1, 0.15) is 35.8 Å². The van der Waals surface area contributed by atoms with Crippen LogP contribution in [0, 0.1) is 0 Å². The summed E-state index contributed by atoms with van der Waals surface area (Å²) in [5.41, 5.74) is 3.05. The van der Waals surface area contributed by atoms with Gasteiger partial charge in [0, 0.05) is 25.5 Å². The SMILES string of the molecule is O=C(NCc1cc2n(n1)CCNC2)[C@H](c1cccnc1)N1CCCC1. The van der Waals surface area contributed by atoms with Crippen molar-refractivity contribution in [3.8, 4) is 0 Å². The number of pyridine rings is 1. The number of carbonyl (C=O) groups excluding carboxylic acids is 1. The predicted octanol–water partition coefficient (Wildman–Crippen LogP) is 0.835. The van der Waals surface area contributed by atoms with Gasteiger partial charge in [0.1, 0.15) is 6.04 Å². The van der Waals surface area contributed by atoms with Gasteiger partial charge in [0.25, 0.3) is 0 Å². The van der Waals surface area contributed by atoms with Gasteiger partial charge in [0.2, 0.25) is 5.91 Å². The molecule has 0 spiro atoms. The number of nitrogens with zero attached hydrogens (tertiary/aromatic N) is 4. The molecule has 0 radical (unpaired) electrons. The highest BCUT2D eigenvalue weighted by Gasteiger charge is 2.29. The maximum Gasteiger partial charge on any atom is 0.242 e. The van der Waals surface area contributed by atoms with Crippen molar-refractivity contribution in [3.05, 3.63) is 47.5 Å². The first-order valence-corrected chi connectivity index (χ1v) is 8.99. The fraction of sp³-hybridized carbons (Fsp3) is 0.500. The van der Waals surface area contributed by atoms with Crippen LogP contribution in [0.5, 0.6) is 0 Å². The highest BCUT2D eigenvalue weighted by Crippen LogP contribution is 2.25. The molecule has 2 aliphatic heterocycles. The number of nitrogens with one attached hydrogen (secondary N) is 2. The first-order valence-electron chi connectivity index (χ1n) is 8.99. The Hall–Kier alpha value is -2.25. The lowest BCUT2D eigenvalue weighted by Gasteiger charge is -2.26. The second-order valence-corrected chi connectivity index (χ2v) is 6.68. The summed E-state index contributed by atoms with van der Waals surface area (Å²) in [6, 6.07) is 5.68. The Balaban J connectivity index is 1.46. The Bertz CT molecular complexity index is 699. The summed E-state index contributed by atoms with van der Waals surface area (Å²) in [4.78, 5) is 19.4. The van der Waals surface area contributed by atoms with Gasteiger partial charge in [-0.05, 0) is 43.6 Å². The molecule has 25 heavy (non-hydrogen) atoms. The number of hydrogen-bond acceptors (Lipinski definition) is 5. The molecule has 0 unspecified atom stereocenters. The van der Waals surface area contributed by atoms with Crippen molar-refractivity contribution in [1.29, 1.82) is 0 Å². The van der Waals surface area contributed by atoms with Gasteiger partial charge in [-0.1, -0.05) is 6.07 Å². The van der Waals surface area contributed by atoms with Crippen LogP contribution in [0.3, 0.4) is 0 Å². The van der Waals surface area contributed by atoms with Crippen molar-refractivity contribution in [2.24, 2.45) is 0 Å². The minimum Gasteiger partial charge on any atom is -0.349 e. The molecule has 4 rings (SSSR count). The number of aromatic nitrogens is 3. The van der Waals surface area contributed by atoms with Crippen molar-refractivity contribution < 1.29 is 4.79 Å². The number of amides is 1. The summed E-state index contributed by atoms with van der Waals surface area (Å²) in [7, 11) is 0. The molecule has 1 fully saturated rings. The van der Waals surface area contributed by atoms with E-state index in [4.69, 9.17) is 0 Å². The number of fused-ring (bicyclic) bond motifs is 1. The zero-order valence-corrected chi connectivity index (χ0v) is 14.3. The van der Waals surface area contributed by atoms with E-state index in [0.29, 0.717) is 6.54 Å². The van der Waals surface area contributed by atoms with E-state index in [9.17, 15) is 4.79 Å². The van der Waals surface area contributed by atoms with Gasteiger partial charge < -0.3 is 10.6 Å². The molecule has 2 N–H and O–H groups in total. The first-order chi connectivity index (χ1) is 12.3. The number of likely N-dealkylation sites (tertiary alicyclic amines) is 1. The van der Waals surface area contributed by atoms with Gasteiger partial charge in [0.15, 0.2) is 0 Å². The second-order valence-electron chi connectivity index (χ2n) is 6.68. The van der Waals surface area contributed by atoms with Gasteiger partial charge in [-0.3, -0.25) is 19.4 Å². The Morgan fingerprint density at radius 3 is 2.96 bits per heavy atom. The van der Waals surface area contributed by atoms with Crippen molar-refractivity contribution >= 4 is 5.91 Å². The summed E-state index contributed by atoms with van der Waals surface area (Å²) >= 11 is 0. The molecule has 0 aliphatic carbocycles. The lowest BCUT2D eigenvalue weighted by atomic mass is 10.1. The summed E-state index contributed by atoms with van der Waals surface area (Å²) < 4.78 is 2.02. The van der Waals surface area contributed by atoms with Crippen LogP contribution in [0.4, 0.5) is 0 Å². The van der Waals surface area contributed by atoms with Crippen LogP contribution >= 0.6 is 0 Å². The van der Waals surface area contributed by atoms with Crippen LogP contribution in [-0.4, -0.2) is 45.2 Å². The van der Waals surface area contributed by atoms with Crippen molar-refractivity contribution in [3.63, 3.8) is 0 Å². The molecule has 0 aromatic carbocycles. The quantitative estimate of drug-likeness (QED) is 0.843. The summed E-state index contributed by atoms with van der Waals surface area (Å²) in [5.74, 6) is 0.0268. The first kappa shape index (κ1) is 16.2. The van der Waals surface area contributed by atoms with Crippen molar-refractivity contribution in [2.45, 2.75) is 38.5 Å². The van der Waals surface area contributed by atoms with Crippen molar-refractivity contribution in [2.75, 3.05) is 19.6 Å². The topological polar surface area (TPSA) is 75.1 Å². The Morgan fingerprint density at radius 1 is 1.32 bits per heavy atom. The molecule has 2 aromatic rings. The van der Waals surface area contributed by atoms with E-state index in [-0.39, 0.29) is 11.9 Å². The molecule has 132 valence electrons. The van der Waals surface area contributed by atoms with E-state index in [1.807, 2.05) is 16.8 Å². The Morgan fingerprint density at radius 2 is 2.20 bits per heavy atom. The second kappa shape index (κ2) is 7.33. The standard InChI is InChI=1S/C18H24N6O/c25-18(21-12-15-10-16-13-20-6-9-24(16)22-15)17(23-7-1-2-8-23)14-4-3-5-19-11-14/h3-5,10-11,17,20H,1-2,6-9,12-13H2,(H,21,25)/t17-/m0/s1. The molecule has 4 heterocycles. The molecule has 0 bridgehead atoms. The maximum absolute atomic E-state index is 12.9. The zero-order valence-electron chi connectivity index (χ0n) is 14.3. The van der Waals surface area contributed by atoms with E-state index >= 15 is 0 Å². The molecule has 7 nitrogen and oxygen atoms in total. The monoisotopic (exact) mass is 340 g/mol. The average Bonchev–Trinajstić information content (AvgIpc) is 3.30. The lowest BCUT2D eigenvalue weighted by Crippen LogP contribution is -2.39. The molecule has 7 heteroatoms. The Labute approximate surface area is 147 Å². The van der Waals surface area contributed by atoms with Gasteiger partial charge in [-0.25, -0.2) is 0 Å². The van der Waals surface area contributed by atoms with Gasteiger partial charge in [-0.2, -0.15) is 5.10 Å². The highest BCUT2D eigenvalue weighted by atomic mass is 16.2. The summed E-state index contributed by atoms with van der Waals surface area (Å²) in [6.07, 6.45) is 5.82. The minimum atomic E-state index is -0.268. The van der Waals surface area contributed by atoms with E-state index in [2.05, 4.69) is 31.7 Å². The average molecular weight is 340 g/mol. The Kier molecular flexibility index (Phi) is 4.76. The highest BCUT2D eigenvalue weighted by molar-refractivity contribution is 5.83. The summed E-state index contributed by atoms with van der Waals surface area (Å²) in [5, 5.41) is 11.0. The maximum atomic E-state index is 12.9. The number of hydrogen-bond donors (Lipinski definition) is 2. The van der Waals surface area contributed by atoms with E-state index in [0.717, 1.165) is 56.8 Å². The van der Waals surface area contributed by atoms with E-state index in [1.54, 1.807) is 12.4 Å². The third-order valence-electron chi connectivity index (χ3n) is 4.92. The van der Waals surface area contributed by atoms with Gasteiger partial charge in [0.05, 0.1) is 24.5 Å². The number of rotatable bonds is 5. The normalized spacial score (nSPS) is 18.7. The predicted molar refractivity (Wildman–Crippen MR) is 93.6 cm³/mol. The fourth-order valence-electron chi connectivity index (χ4n) is 3.68. The summed E-state index contributed by atoms with van der Waals surface area (Å²) in [6.45, 7) is 5.04. The van der Waals surface area contributed by atoms with Crippen LogP contribution in [0.2, 0.25) is 0 Å². The van der Waals surface area contributed by atoms with Crippen LogP contribution in [0.25, 0.3) is 0 Å². The number of carbonyl (C=O) groups is 1. The van der Waals surface area contributed by atoms with Crippen LogP contribution in [0.15, 0.2) is 30.6 Å².